The smallest absolute Gasteiger partial charge is 0.106 e. The minimum Gasteiger partial charge on any atom is -0.346 e. The molecule has 0 aromatic carbocycles. The third-order valence-corrected chi connectivity index (χ3v) is 3.89. The van der Waals surface area contributed by atoms with Crippen molar-refractivity contribution in [1.82, 2.24) is 9.97 Å². The van der Waals surface area contributed by atoms with Gasteiger partial charge in [0.1, 0.15) is 5.82 Å². The fourth-order valence-electron chi connectivity index (χ4n) is 3.34. The Balaban J connectivity index is 2.02. The van der Waals surface area contributed by atoms with Crippen molar-refractivity contribution in [3.8, 4) is 0 Å². The first kappa shape index (κ1) is 13.6. The van der Waals surface area contributed by atoms with Crippen molar-refractivity contribution in [2.75, 3.05) is 0 Å². The lowest BCUT2D eigenvalue weighted by Gasteiger charge is -2.22. The maximum absolute atomic E-state index is 4.85. The highest BCUT2D eigenvalue weighted by molar-refractivity contribution is 5.21. The monoisotopic (exact) mass is 248 g/mol. The molecule has 0 saturated carbocycles. The molecule has 0 aliphatic heterocycles. The van der Waals surface area contributed by atoms with Gasteiger partial charge in [-0.15, -0.1) is 0 Å². The van der Waals surface area contributed by atoms with E-state index < -0.39 is 0 Å². The van der Waals surface area contributed by atoms with Gasteiger partial charge in [-0.1, -0.05) is 34.6 Å². The van der Waals surface area contributed by atoms with Crippen LogP contribution in [0.5, 0.6) is 0 Å². The van der Waals surface area contributed by atoms with Crippen LogP contribution in [0.3, 0.4) is 0 Å². The Bertz CT molecular complexity index is 398. The zero-order valence-electron chi connectivity index (χ0n) is 12.6. The Labute approximate surface area is 112 Å². The second-order valence-corrected chi connectivity index (χ2v) is 7.41. The molecule has 0 fully saturated rings. The molecular formula is C16H28N2. The summed E-state index contributed by atoms with van der Waals surface area (Å²) >= 11 is 0. The van der Waals surface area contributed by atoms with Crippen LogP contribution in [0.25, 0.3) is 0 Å². The zero-order valence-corrected chi connectivity index (χ0v) is 12.6. The summed E-state index contributed by atoms with van der Waals surface area (Å²) in [4.78, 5) is 8.42. The van der Waals surface area contributed by atoms with Gasteiger partial charge in [0.15, 0.2) is 0 Å². The average molecular weight is 248 g/mol. The summed E-state index contributed by atoms with van der Waals surface area (Å²) in [6, 6.07) is 0. The van der Waals surface area contributed by atoms with E-state index in [1.165, 1.54) is 42.9 Å². The van der Waals surface area contributed by atoms with Crippen LogP contribution >= 0.6 is 0 Å². The van der Waals surface area contributed by atoms with Crippen molar-refractivity contribution in [3.63, 3.8) is 0 Å². The van der Waals surface area contributed by atoms with E-state index in [1.807, 2.05) is 0 Å². The minimum absolute atomic E-state index is 0.416. The average Bonchev–Trinajstić information content (AvgIpc) is 2.58. The third-order valence-electron chi connectivity index (χ3n) is 3.89. The van der Waals surface area contributed by atoms with Crippen LogP contribution in [-0.2, 0) is 12.8 Å². The first-order chi connectivity index (χ1) is 8.35. The molecule has 0 bridgehead atoms. The number of aromatic amines is 1. The largest absolute Gasteiger partial charge is 0.346 e. The fraction of sp³-hybridized carbons (Fsp3) is 0.812. The lowest BCUT2D eigenvalue weighted by Crippen LogP contribution is -2.13. The number of nitrogens with one attached hydrogen (secondary N) is 1. The van der Waals surface area contributed by atoms with E-state index in [9.17, 15) is 0 Å². The lowest BCUT2D eigenvalue weighted by atomic mass is 9.84. The molecule has 1 heterocycles. The zero-order chi connectivity index (χ0) is 13.3. The molecule has 1 aliphatic rings. The minimum atomic E-state index is 0.416. The van der Waals surface area contributed by atoms with Gasteiger partial charge in [-0.05, 0) is 37.0 Å². The standard InChI is InChI=1S/C16H28N2/c1-11(10-16(3,4)5)9-14-17-13-8-6-7-12(2)15(13)18-14/h11-12H,6-10H2,1-5H3,(H,17,18). The Morgan fingerprint density at radius 3 is 2.72 bits per heavy atom. The number of hydrogen-bond acceptors (Lipinski definition) is 1. The van der Waals surface area contributed by atoms with E-state index in [2.05, 4.69) is 39.6 Å². The van der Waals surface area contributed by atoms with Gasteiger partial charge in [0, 0.05) is 18.0 Å². The molecule has 1 N–H and O–H groups in total. The van der Waals surface area contributed by atoms with Gasteiger partial charge >= 0.3 is 0 Å². The molecular weight excluding hydrogens is 220 g/mol. The molecule has 2 rings (SSSR count). The summed E-state index contributed by atoms with van der Waals surface area (Å²) in [5, 5.41) is 0. The van der Waals surface area contributed by atoms with Crippen LogP contribution in [0.2, 0.25) is 0 Å². The van der Waals surface area contributed by atoms with Crippen LogP contribution in [-0.4, -0.2) is 9.97 Å². The van der Waals surface area contributed by atoms with Gasteiger partial charge < -0.3 is 4.98 Å². The van der Waals surface area contributed by atoms with Crippen LogP contribution in [0.1, 0.15) is 77.0 Å². The quantitative estimate of drug-likeness (QED) is 0.840. The van der Waals surface area contributed by atoms with E-state index >= 15 is 0 Å². The molecule has 102 valence electrons. The van der Waals surface area contributed by atoms with E-state index in [0.29, 0.717) is 17.3 Å². The van der Waals surface area contributed by atoms with E-state index in [4.69, 9.17) is 4.98 Å². The number of rotatable bonds is 3. The van der Waals surface area contributed by atoms with Gasteiger partial charge in [-0.25, -0.2) is 4.98 Å². The molecule has 2 nitrogen and oxygen atoms in total. The summed E-state index contributed by atoms with van der Waals surface area (Å²) in [6.07, 6.45) is 6.16. The normalized spacial score (nSPS) is 21.7. The summed E-state index contributed by atoms with van der Waals surface area (Å²) in [5.41, 5.74) is 3.17. The van der Waals surface area contributed by atoms with Crippen molar-refractivity contribution in [2.45, 2.75) is 72.6 Å². The van der Waals surface area contributed by atoms with Gasteiger partial charge in [-0.3, -0.25) is 0 Å². The Morgan fingerprint density at radius 1 is 1.39 bits per heavy atom. The number of imidazole rings is 1. The number of nitrogens with zero attached hydrogens (tertiary/aromatic N) is 1. The summed E-state index contributed by atoms with van der Waals surface area (Å²) in [6.45, 7) is 11.6. The Kier molecular flexibility index (Phi) is 3.84. The predicted molar refractivity (Wildman–Crippen MR) is 76.9 cm³/mol. The number of aryl methyl sites for hydroxylation is 1. The molecule has 0 amide bonds. The highest BCUT2D eigenvalue weighted by Gasteiger charge is 2.22. The van der Waals surface area contributed by atoms with Gasteiger partial charge in [0.2, 0.25) is 0 Å². The molecule has 1 aromatic rings. The SMILES string of the molecule is CC(Cc1nc2c([nH]1)CCCC2C)CC(C)(C)C. The number of hydrogen-bond donors (Lipinski definition) is 1. The van der Waals surface area contributed by atoms with Crippen LogP contribution in [0.4, 0.5) is 0 Å². The number of aromatic nitrogens is 2. The molecule has 2 atom stereocenters. The highest BCUT2D eigenvalue weighted by Crippen LogP contribution is 2.31. The van der Waals surface area contributed by atoms with Crippen LogP contribution in [0, 0.1) is 11.3 Å². The number of fused-ring (bicyclic) bond motifs is 1. The molecule has 0 spiro atoms. The fourth-order valence-corrected chi connectivity index (χ4v) is 3.34. The molecule has 2 heteroatoms. The summed E-state index contributed by atoms with van der Waals surface area (Å²) in [7, 11) is 0. The first-order valence-electron chi connectivity index (χ1n) is 7.43. The van der Waals surface area contributed by atoms with Crippen LogP contribution < -0.4 is 0 Å². The second kappa shape index (κ2) is 5.07. The summed E-state index contributed by atoms with van der Waals surface area (Å²) in [5.74, 6) is 2.56. The van der Waals surface area contributed by atoms with E-state index in [-0.39, 0.29) is 0 Å². The summed E-state index contributed by atoms with van der Waals surface area (Å²) < 4.78 is 0. The first-order valence-corrected chi connectivity index (χ1v) is 7.43. The Hall–Kier alpha value is -0.790. The van der Waals surface area contributed by atoms with Gasteiger partial charge in [0.25, 0.3) is 0 Å². The molecule has 18 heavy (non-hydrogen) atoms. The second-order valence-electron chi connectivity index (χ2n) is 7.41. The van der Waals surface area contributed by atoms with Crippen molar-refractivity contribution >= 4 is 0 Å². The lowest BCUT2D eigenvalue weighted by molar-refractivity contribution is 0.304. The molecule has 2 unspecified atom stereocenters. The Morgan fingerprint density at radius 2 is 2.11 bits per heavy atom. The molecule has 1 aromatic heterocycles. The van der Waals surface area contributed by atoms with Gasteiger partial charge in [0.05, 0.1) is 5.69 Å². The third kappa shape index (κ3) is 3.37. The van der Waals surface area contributed by atoms with Crippen molar-refractivity contribution < 1.29 is 0 Å². The topological polar surface area (TPSA) is 28.7 Å². The van der Waals surface area contributed by atoms with Crippen molar-refractivity contribution in [2.24, 2.45) is 11.3 Å². The molecule has 0 radical (unpaired) electrons. The maximum Gasteiger partial charge on any atom is 0.106 e. The van der Waals surface area contributed by atoms with E-state index in [0.717, 1.165) is 6.42 Å². The highest BCUT2D eigenvalue weighted by atomic mass is 14.9. The molecule has 1 aliphatic carbocycles. The maximum atomic E-state index is 4.85. The number of H-pyrrole nitrogens is 1. The van der Waals surface area contributed by atoms with Crippen LogP contribution in [0.15, 0.2) is 0 Å². The van der Waals surface area contributed by atoms with E-state index in [1.54, 1.807) is 0 Å². The predicted octanol–water partition coefficient (Wildman–Crippen LogP) is 4.46. The van der Waals surface area contributed by atoms with Gasteiger partial charge in [-0.2, -0.15) is 0 Å². The van der Waals surface area contributed by atoms with Crippen molar-refractivity contribution in [3.05, 3.63) is 17.2 Å². The van der Waals surface area contributed by atoms with Crippen molar-refractivity contribution in [1.29, 1.82) is 0 Å². The molecule has 0 saturated heterocycles.